The molecule has 1 rings (SSSR count). The number of rotatable bonds is 9. The van der Waals surface area contributed by atoms with Crippen molar-refractivity contribution < 1.29 is 13.2 Å². The second-order valence-corrected chi connectivity index (χ2v) is 6.09. The summed E-state index contributed by atoms with van der Waals surface area (Å²) in [7, 11) is 0. The van der Waals surface area contributed by atoms with Crippen LogP contribution in [-0.2, 0) is 0 Å². The van der Waals surface area contributed by atoms with E-state index in [-0.39, 0.29) is 12.6 Å². The number of nitrogens with zero attached hydrogens (tertiary/aromatic N) is 2. The van der Waals surface area contributed by atoms with Crippen LogP contribution in [0.15, 0.2) is 21.8 Å². The lowest BCUT2D eigenvalue weighted by Crippen LogP contribution is -2.40. The molecule has 0 spiro atoms. The lowest BCUT2D eigenvalue weighted by molar-refractivity contribution is -0.132. The highest BCUT2D eigenvalue weighted by molar-refractivity contribution is 7.07. The van der Waals surface area contributed by atoms with Gasteiger partial charge in [-0.2, -0.15) is 24.5 Å². The van der Waals surface area contributed by atoms with Crippen molar-refractivity contribution in [1.29, 1.82) is 0 Å². The quantitative estimate of drug-likeness (QED) is 0.519. The third-order valence-corrected chi connectivity index (χ3v) is 4.35. The monoisotopic (exact) mass is 364 g/mol. The van der Waals surface area contributed by atoms with Gasteiger partial charge in [-0.25, -0.2) is 0 Å². The zero-order valence-corrected chi connectivity index (χ0v) is 15.3. The van der Waals surface area contributed by atoms with Gasteiger partial charge in [0.25, 0.3) is 0 Å². The number of thiophene rings is 1. The lowest BCUT2D eigenvalue weighted by atomic mass is 10.1. The van der Waals surface area contributed by atoms with Gasteiger partial charge in [0, 0.05) is 13.1 Å². The predicted molar refractivity (Wildman–Crippen MR) is 94.6 cm³/mol. The van der Waals surface area contributed by atoms with Crippen molar-refractivity contribution in [2.24, 2.45) is 4.99 Å². The fourth-order valence-electron chi connectivity index (χ4n) is 2.40. The van der Waals surface area contributed by atoms with Crippen molar-refractivity contribution in [3.63, 3.8) is 0 Å². The number of guanidine groups is 1. The number of halogens is 3. The van der Waals surface area contributed by atoms with E-state index in [1.165, 1.54) is 5.56 Å². The van der Waals surface area contributed by atoms with Gasteiger partial charge in [0.05, 0.1) is 19.0 Å². The molecule has 1 unspecified atom stereocenters. The maximum absolute atomic E-state index is 12.3. The maximum Gasteiger partial charge on any atom is 0.390 e. The molecule has 0 aromatic carbocycles. The summed E-state index contributed by atoms with van der Waals surface area (Å²) in [6.45, 7) is 8.80. The normalized spacial score (nSPS) is 14.0. The van der Waals surface area contributed by atoms with E-state index in [0.29, 0.717) is 19.0 Å². The molecule has 4 nitrogen and oxygen atoms in total. The Kier molecular flexibility index (Phi) is 9.13. The summed E-state index contributed by atoms with van der Waals surface area (Å²) < 4.78 is 36.9. The van der Waals surface area contributed by atoms with E-state index in [9.17, 15) is 13.2 Å². The Hall–Kier alpha value is -1.28. The largest absolute Gasteiger partial charge is 0.390 e. The van der Waals surface area contributed by atoms with E-state index < -0.39 is 12.6 Å². The molecule has 8 heteroatoms. The Morgan fingerprint density at radius 1 is 1.25 bits per heavy atom. The van der Waals surface area contributed by atoms with E-state index in [2.05, 4.69) is 45.8 Å². The summed E-state index contributed by atoms with van der Waals surface area (Å²) in [6, 6.07) is 2.21. The molecule has 1 atom stereocenters. The Balaban J connectivity index is 2.75. The van der Waals surface area contributed by atoms with E-state index >= 15 is 0 Å². The summed E-state index contributed by atoms with van der Waals surface area (Å²) in [4.78, 5) is 6.79. The molecule has 0 saturated heterocycles. The molecule has 0 fully saturated rings. The summed E-state index contributed by atoms with van der Waals surface area (Å²) in [5.41, 5.74) is 1.19. The minimum Gasteiger partial charge on any atom is -0.357 e. The molecule has 0 saturated carbocycles. The smallest absolute Gasteiger partial charge is 0.357 e. The van der Waals surface area contributed by atoms with Crippen LogP contribution in [0.3, 0.4) is 0 Å². The molecule has 1 heterocycles. The van der Waals surface area contributed by atoms with Gasteiger partial charge in [-0.15, -0.1) is 0 Å². The van der Waals surface area contributed by atoms with Crippen LogP contribution >= 0.6 is 11.3 Å². The Morgan fingerprint density at radius 3 is 2.46 bits per heavy atom. The first-order valence-corrected chi connectivity index (χ1v) is 9.20. The van der Waals surface area contributed by atoms with E-state index in [4.69, 9.17) is 0 Å². The van der Waals surface area contributed by atoms with Crippen molar-refractivity contribution in [1.82, 2.24) is 15.5 Å². The van der Waals surface area contributed by atoms with Gasteiger partial charge in [0.2, 0.25) is 0 Å². The van der Waals surface area contributed by atoms with Crippen LogP contribution in [0.5, 0.6) is 0 Å². The van der Waals surface area contributed by atoms with Gasteiger partial charge in [0.15, 0.2) is 5.96 Å². The summed E-state index contributed by atoms with van der Waals surface area (Å²) in [5.74, 6) is 0.425. The van der Waals surface area contributed by atoms with Crippen LogP contribution < -0.4 is 10.6 Å². The van der Waals surface area contributed by atoms with Crippen LogP contribution in [0, 0.1) is 0 Å². The Morgan fingerprint density at radius 2 is 1.96 bits per heavy atom. The molecule has 138 valence electrons. The molecule has 24 heavy (non-hydrogen) atoms. The Labute approximate surface area is 146 Å². The highest BCUT2D eigenvalue weighted by atomic mass is 32.1. The number of hydrogen-bond donors (Lipinski definition) is 2. The number of aliphatic imine (C=N–C) groups is 1. The molecule has 2 N–H and O–H groups in total. The first-order chi connectivity index (χ1) is 11.4. The highest BCUT2D eigenvalue weighted by Crippen LogP contribution is 2.23. The van der Waals surface area contributed by atoms with Crippen LogP contribution in [0.25, 0.3) is 0 Å². The van der Waals surface area contributed by atoms with Crippen LogP contribution in [-0.4, -0.2) is 49.8 Å². The molecule has 0 bridgehead atoms. The average molecular weight is 364 g/mol. The van der Waals surface area contributed by atoms with Crippen molar-refractivity contribution in [2.45, 2.75) is 39.4 Å². The van der Waals surface area contributed by atoms with Crippen molar-refractivity contribution >= 4 is 17.3 Å². The number of alkyl halides is 3. The van der Waals surface area contributed by atoms with Crippen molar-refractivity contribution in [3.8, 4) is 0 Å². The molecule has 0 aliphatic heterocycles. The van der Waals surface area contributed by atoms with Gasteiger partial charge < -0.3 is 10.6 Å². The van der Waals surface area contributed by atoms with E-state index in [1.807, 2.05) is 12.3 Å². The standard InChI is InChI=1S/C16H27F3N4S/c1-4-20-15(21-9-8-16(17,18)19)22-11-14(23(5-2)6-3)13-7-10-24-12-13/h7,10,12,14H,4-6,8-9,11H2,1-3H3,(H2,20,21,22). The van der Waals surface area contributed by atoms with Crippen LogP contribution in [0.2, 0.25) is 0 Å². The molecule has 1 aromatic rings. The molecule has 0 aliphatic carbocycles. The fraction of sp³-hybridized carbons (Fsp3) is 0.688. The van der Waals surface area contributed by atoms with Crippen LogP contribution in [0.1, 0.15) is 38.8 Å². The maximum atomic E-state index is 12.3. The first-order valence-electron chi connectivity index (χ1n) is 8.26. The predicted octanol–water partition coefficient (Wildman–Crippen LogP) is 3.64. The van der Waals surface area contributed by atoms with Crippen molar-refractivity contribution in [2.75, 3.05) is 32.7 Å². The fourth-order valence-corrected chi connectivity index (χ4v) is 3.11. The molecular weight excluding hydrogens is 337 g/mol. The third kappa shape index (κ3) is 7.53. The number of likely N-dealkylation sites (N-methyl/N-ethyl adjacent to an activating group) is 1. The van der Waals surface area contributed by atoms with Gasteiger partial charge in [-0.3, -0.25) is 9.89 Å². The summed E-state index contributed by atoms with van der Waals surface area (Å²) in [6.07, 6.45) is -5.04. The van der Waals surface area contributed by atoms with Crippen molar-refractivity contribution in [3.05, 3.63) is 22.4 Å². The molecule has 0 radical (unpaired) electrons. The number of hydrogen-bond acceptors (Lipinski definition) is 3. The van der Waals surface area contributed by atoms with E-state index in [0.717, 1.165) is 13.1 Å². The zero-order chi connectivity index (χ0) is 18.0. The topological polar surface area (TPSA) is 39.7 Å². The minimum atomic E-state index is -4.16. The summed E-state index contributed by atoms with van der Waals surface area (Å²) >= 11 is 1.64. The molecule has 1 aromatic heterocycles. The van der Waals surface area contributed by atoms with Gasteiger partial charge >= 0.3 is 6.18 Å². The first kappa shape index (κ1) is 20.8. The SMILES string of the molecule is CCNC(=NCC(c1ccsc1)N(CC)CC)NCCC(F)(F)F. The molecule has 0 aliphatic rings. The Bertz CT molecular complexity index is 470. The molecular formula is C16H27F3N4S. The third-order valence-electron chi connectivity index (χ3n) is 3.65. The second-order valence-electron chi connectivity index (χ2n) is 5.31. The molecule has 0 amide bonds. The second kappa shape index (κ2) is 10.6. The van der Waals surface area contributed by atoms with Crippen LogP contribution in [0.4, 0.5) is 13.2 Å². The van der Waals surface area contributed by atoms with Gasteiger partial charge in [-0.05, 0) is 42.4 Å². The van der Waals surface area contributed by atoms with E-state index in [1.54, 1.807) is 11.3 Å². The number of nitrogens with one attached hydrogen (secondary N) is 2. The summed E-state index contributed by atoms with van der Waals surface area (Å²) in [5, 5.41) is 9.89. The highest BCUT2D eigenvalue weighted by Gasteiger charge is 2.26. The van der Waals surface area contributed by atoms with Gasteiger partial charge in [0.1, 0.15) is 0 Å². The minimum absolute atomic E-state index is 0.129. The lowest BCUT2D eigenvalue weighted by Gasteiger charge is -2.28. The average Bonchev–Trinajstić information content (AvgIpc) is 3.04. The zero-order valence-electron chi connectivity index (χ0n) is 14.5. The van der Waals surface area contributed by atoms with Gasteiger partial charge in [-0.1, -0.05) is 13.8 Å².